The Balaban J connectivity index is 1.57. The van der Waals surface area contributed by atoms with E-state index in [1.807, 2.05) is 24.3 Å². The van der Waals surface area contributed by atoms with E-state index in [1.54, 1.807) is 24.3 Å². The van der Waals surface area contributed by atoms with E-state index in [2.05, 4.69) is 31.4 Å². The number of halogens is 2. The molecule has 1 N–H and O–H groups in total. The van der Waals surface area contributed by atoms with Crippen LogP contribution in [0.5, 0.6) is 0 Å². The van der Waals surface area contributed by atoms with Crippen LogP contribution in [0.25, 0.3) is 11.5 Å². The first-order chi connectivity index (χ1) is 11.6. The van der Waals surface area contributed by atoms with Crippen molar-refractivity contribution in [2.75, 3.05) is 11.1 Å². The molecule has 0 radical (unpaired) electrons. The average molecular weight is 425 g/mol. The Kier molecular flexibility index (Phi) is 5.55. The van der Waals surface area contributed by atoms with Crippen molar-refractivity contribution in [3.8, 4) is 11.5 Å². The molecule has 0 saturated carbocycles. The minimum absolute atomic E-state index is 0.149. The van der Waals surface area contributed by atoms with Gasteiger partial charge in [-0.25, -0.2) is 0 Å². The fourth-order valence-corrected chi connectivity index (χ4v) is 2.96. The summed E-state index contributed by atoms with van der Waals surface area (Å²) in [6.45, 7) is 0. The third-order valence-corrected chi connectivity index (χ3v) is 4.50. The van der Waals surface area contributed by atoms with E-state index in [-0.39, 0.29) is 11.7 Å². The van der Waals surface area contributed by atoms with Gasteiger partial charge in [-0.1, -0.05) is 45.4 Å². The summed E-state index contributed by atoms with van der Waals surface area (Å²) in [6, 6.07) is 14.5. The molecule has 1 heterocycles. The zero-order chi connectivity index (χ0) is 16.9. The second kappa shape index (κ2) is 7.83. The molecule has 122 valence electrons. The average Bonchev–Trinajstić information content (AvgIpc) is 3.03. The number of nitrogens with zero attached hydrogens (tertiary/aromatic N) is 2. The lowest BCUT2D eigenvalue weighted by Crippen LogP contribution is -2.13. The van der Waals surface area contributed by atoms with Gasteiger partial charge in [-0.05, 0) is 42.5 Å². The Morgan fingerprint density at radius 2 is 2.00 bits per heavy atom. The number of thioether (sulfide) groups is 1. The van der Waals surface area contributed by atoms with Crippen LogP contribution >= 0.6 is 39.3 Å². The summed E-state index contributed by atoms with van der Waals surface area (Å²) >= 11 is 10.4. The molecular weight excluding hydrogens is 414 g/mol. The standard InChI is InChI=1S/C16H11BrClN3O2S/c17-11-2-1-3-13(8-11)19-14(22)9-24-16-21-20-15(23-16)10-4-6-12(18)7-5-10/h1-8H,9H2,(H,19,22). The summed E-state index contributed by atoms with van der Waals surface area (Å²) in [6.07, 6.45) is 0. The van der Waals surface area contributed by atoms with Gasteiger partial charge in [-0.15, -0.1) is 10.2 Å². The number of benzene rings is 2. The molecule has 2 aromatic carbocycles. The van der Waals surface area contributed by atoms with Gasteiger partial charge in [-0.3, -0.25) is 4.79 Å². The monoisotopic (exact) mass is 423 g/mol. The first-order valence-corrected chi connectivity index (χ1v) is 9.03. The highest BCUT2D eigenvalue weighted by molar-refractivity contribution is 9.10. The van der Waals surface area contributed by atoms with E-state index >= 15 is 0 Å². The van der Waals surface area contributed by atoms with Gasteiger partial charge in [0.05, 0.1) is 5.75 Å². The van der Waals surface area contributed by atoms with Gasteiger partial charge in [-0.2, -0.15) is 0 Å². The fourth-order valence-electron chi connectivity index (χ4n) is 1.87. The van der Waals surface area contributed by atoms with Crippen LogP contribution in [0.1, 0.15) is 0 Å². The molecule has 3 aromatic rings. The van der Waals surface area contributed by atoms with Crippen LogP contribution in [-0.4, -0.2) is 21.9 Å². The number of hydrogen-bond acceptors (Lipinski definition) is 5. The zero-order valence-electron chi connectivity index (χ0n) is 12.2. The van der Waals surface area contributed by atoms with Crippen LogP contribution in [0.4, 0.5) is 5.69 Å². The molecular formula is C16H11BrClN3O2S. The molecule has 8 heteroatoms. The molecule has 24 heavy (non-hydrogen) atoms. The molecule has 0 spiro atoms. The van der Waals surface area contributed by atoms with Crippen molar-refractivity contribution in [1.29, 1.82) is 0 Å². The maximum absolute atomic E-state index is 12.0. The van der Waals surface area contributed by atoms with Crippen molar-refractivity contribution in [2.24, 2.45) is 0 Å². The molecule has 0 aliphatic rings. The summed E-state index contributed by atoms with van der Waals surface area (Å²) in [5, 5.41) is 11.7. The van der Waals surface area contributed by atoms with Gasteiger partial charge in [0, 0.05) is 20.7 Å². The lowest BCUT2D eigenvalue weighted by atomic mass is 10.2. The van der Waals surface area contributed by atoms with E-state index in [0.29, 0.717) is 16.1 Å². The summed E-state index contributed by atoms with van der Waals surface area (Å²) in [5.41, 5.74) is 1.50. The van der Waals surface area contributed by atoms with Gasteiger partial charge < -0.3 is 9.73 Å². The number of anilines is 1. The molecule has 5 nitrogen and oxygen atoms in total. The van der Waals surface area contributed by atoms with E-state index in [0.717, 1.165) is 15.7 Å². The summed E-state index contributed by atoms with van der Waals surface area (Å²) in [4.78, 5) is 12.0. The van der Waals surface area contributed by atoms with Crippen LogP contribution in [0.2, 0.25) is 5.02 Å². The third kappa shape index (κ3) is 4.59. The Bertz CT molecular complexity index is 855. The van der Waals surface area contributed by atoms with Crippen molar-refractivity contribution in [2.45, 2.75) is 5.22 Å². The fraction of sp³-hybridized carbons (Fsp3) is 0.0625. The lowest BCUT2D eigenvalue weighted by Gasteiger charge is -2.04. The summed E-state index contributed by atoms with van der Waals surface area (Å²) < 4.78 is 6.44. The Labute approximate surface area is 155 Å². The number of nitrogens with one attached hydrogen (secondary N) is 1. The van der Waals surface area contributed by atoms with Crippen LogP contribution in [0, 0.1) is 0 Å². The lowest BCUT2D eigenvalue weighted by molar-refractivity contribution is -0.113. The topological polar surface area (TPSA) is 68.0 Å². The second-order valence-electron chi connectivity index (χ2n) is 4.73. The molecule has 1 amide bonds. The third-order valence-electron chi connectivity index (χ3n) is 2.93. The van der Waals surface area contributed by atoms with E-state index in [9.17, 15) is 4.79 Å². The van der Waals surface area contributed by atoms with E-state index in [1.165, 1.54) is 11.8 Å². The van der Waals surface area contributed by atoms with Crippen molar-refractivity contribution in [1.82, 2.24) is 10.2 Å². The summed E-state index contributed by atoms with van der Waals surface area (Å²) in [7, 11) is 0. The van der Waals surface area contributed by atoms with Crippen LogP contribution in [0.15, 0.2) is 62.6 Å². The highest BCUT2D eigenvalue weighted by Crippen LogP contribution is 2.24. The molecule has 1 aromatic heterocycles. The van der Waals surface area contributed by atoms with Crippen molar-refractivity contribution in [3.05, 3.63) is 58.0 Å². The zero-order valence-corrected chi connectivity index (χ0v) is 15.4. The number of rotatable bonds is 5. The number of amides is 1. The maximum Gasteiger partial charge on any atom is 0.277 e. The molecule has 0 unspecified atom stereocenters. The molecule has 0 atom stereocenters. The first-order valence-electron chi connectivity index (χ1n) is 6.88. The Hall–Kier alpha value is -1.83. The Morgan fingerprint density at radius 3 is 2.75 bits per heavy atom. The van der Waals surface area contributed by atoms with E-state index in [4.69, 9.17) is 16.0 Å². The number of hydrogen-bond donors (Lipinski definition) is 1. The number of carbonyl (C=O) groups is 1. The van der Waals surface area contributed by atoms with Gasteiger partial charge in [0.25, 0.3) is 5.22 Å². The maximum atomic E-state index is 12.0. The highest BCUT2D eigenvalue weighted by atomic mass is 79.9. The van der Waals surface area contributed by atoms with Crippen molar-refractivity contribution >= 4 is 50.9 Å². The van der Waals surface area contributed by atoms with Gasteiger partial charge in [0.1, 0.15) is 0 Å². The molecule has 0 bridgehead atoms. The van der Waals surface area contributed by atoms with Crippen LogP contribution in [-0.2, 0) is 4.79 Å². The molecule has 0 aliphatic carbocycles. The normalized spacial score (nSPS) is 10.6. The predicted molar refractivity (Wildman–Crippen MR) is 98.2 cm³/mol. The van der Waals surface area contributed by atoms with E-state index < -0.39 is 0 Å². The smallest absolute Gasteiger partial charge is 0.277 e. The van der Waals surface area contributed by atoms with Gasteiger partial charge in [0.15, 0.2) is 0 Å². The minimum atomic E-state index is -0.149. The van der Waals surface area contributed by atoms with Gasteiger partial charge in [0.2, 0.25) is 11.8 Å². The quantitative estimate of drug-likeness (QED) is 0.591. The predicted octanol–water partition coefficient (Wildman–Crippen LogP) is 4.88. The number of carbonyl (C=O) groups excluding carboxylic acids is 1. The Morgan fingerprint density at radius 1 is 1.21 bits per heavy atom. The molecule has 0 aliphatic heterocycles. The summed E-state index contributed by atoms with van der Waals surface area (Å²) in [5.74, 6) is 0.417. The SMILES string of the molecule is O=C(CSc1nnc(-c2ccc(Cl)cc2)o1)Nc1cccc(Br)c1. The molecule has 0 fully saturated rings. The minimum Gasteiger partial charge on any atom is -0.411 e. The largest absolute Gasteiger partial charge is 0.411 e. The van der Waals surface area contributed by atoms with Crippen molar-refractivity contribution in [3.63, 3.8) is 0 Å². The van der Waals surface area contributed by atoms with Gasteiger partial charge >= 0.3 is 0 Å². The molecule has 0 saturated heterocycles. The van der Waals surface area contributed by atoms with Crippen LogP contribution in [0.3, 0.4) is 0 Å². The van der Waals surface area contributed by atoms with Crippen molar-refractivity contribution < 1.29 is 9.21 Å². The first kappa shape index (κ1) is 17.0. The highest BCUT2D eigenvalue weighted by Gasteiger charge is 2.11. The number of aromatic nitrogens is 2. The second-order valence-corrected chi connectivity index (χ2v) is 7.01. The molecule has 3 rings (SSSR count). The van der Waals surface area contributed by atoms with Crippen LogP contribution < -0.4 is 5.32 Å².